The maximum absolute atomic E-state index is 13.5. The Labute approximate surface area is 87.2 Å². The molecule has 0 heterocycles. The van der Waals surface area contributed by atoms with Gasteiger partial charge in [0, 0.05) is 0 Å². The Balaban J connectivity index is 3.31. The number of aliphatic hydroxyl groups excluding tert-OH is 1. The summed E-state index contributed by atoms with van der Waals surface area (Å²) in [5, 5.41) is 19.1. The monoisotopic (exact) mass is 216 g/mol. The number of aliphatic hydroxyl groups is 2. The van der Waals surface area contributed by atoms with E-state index in [0.29, 0.717) is 0 Å². The highest BCUT2D eigenvalue weighted by molar-refractivity contribution is 5.29. The van der Waals surface area contributed by atoms with Gasteiger partial charge in [-0.3, -0.25) is 0 Å². The van der Waals surface area contributed by atoms with E-state index in [1.54, 1.807) is 0 Å². The van der Waals surface area contributed by atoms with E-state index in [9.17, 15) is 19.0 Å². The molecule has 84 valence electrons. The van der Waals surface area contributed by atoms with Crippen LogP contribution in [-0.4, -0.2) is 15.8 Å². The van der Waals surface area contributed by atoms with E-state index in [1.807, 2.05) is 0 Å². The third-order valence-corrected chi connectivity index (χ3v) is 2.26. The second kappa shape index (κ2) is 3.87. The predicted octanol–water partition coefficient (Wildman–Crippen LogP) is 2.08. The molecule has 0 saturated carbocycles. The van der Waals surface area contributed by atoms with Crippen LogP contribution in [0, 0.1) is 18.6 Å². The average molecular weight is 216 g/mol. The molecule has 0 aliphatic rings. The first-order valence-corrected chi connectivity index (χ1v) is 4.60. The summed E-state index contributed by atoms with van der Waals surface area (Å²) in [6.45, 7) is 4.05. The molecule has 2 nitrogen and oxygen atoms in total. The molecule has 1 aromatic rings. The minimum atomic E-state index is -1.59. The quantitative estimate of drug-likeness (QED) is 0.794. The number of rotatable bonds is 2. The van der Waals surface area contributed by atoms with Gasteiger partial charge in [0.1, 0.15) is 17.7 Å². The first-order chi connectivity index (χ1) is 6.75. The van der Waals surface area contributed by atoms with E-state index in [-0.39, 0.29) is 5.56 Å². The summed E-state index contributed by atoms with van der Waals surface area (Å²) >= 11 is 0. The van der Waals surface area contributed by atoms with Gasteiger partial charge in [0.2, 0.25) is 0 Å². The Morgan fingerprint density at radius 3 is 2.27 bits per heavy atom. The summed E-state index contributed by atoms with van der Waals surface area (Å²) in [5.74, 6) is -1.67. The van der Waals surface area contributed by atoms with E-state index in [2.05, 4.69) is 0 Å². The van der Waals surface area contributed by atoms with Crippen LogP contribution in [-0.2, 0) is 0 Å². The van der Waals surface area contributed by atoms with Gasteiger partial charge in [-0.1, -0.05) is 6.07 Å². The Bertz CT molecular complexity index is 370. The zero-order valence-electron chi connectivity index (χ0n) is 8.88. The summed E-state index contributed by atoms with van der Waals surface area (Å²) < 4.78 is 26.8. The summed E-state index contributed by atoms with van der Waals surface area (Å²) in [7, 11) is 0. The zero-order chi connectivity index (χ0) is 11.8. The van der Waals surface area contributed by atoms with E-state index in [0.717, 1.165) is 6.07 Å². The third kappa shape index (κ3) is 2.33. The largest absolute Gasteiger partial charge is 0.387 e. The highest BCUT2D eigenvalue weighted by atomic mass is 19.1. The first-order valence-electron chi connectivity index (χ1n) is 4.60. The maximum Gasteiger partial charge on any atom is 0.134 e. The Morgan fingerprint density at radius 1 is 1.27 bits per heavy atom. The third-order valence-electron chi connectivity index (χ3n) is 2.26. The van der Waals surface area contributed by atoms with Crippen LogP contribution >= 0.6 is 0 Å². The van der Waals surface area contributed by atoms with E-state index in [4.69, 9.17) is 0 Å². The van der Waals surface area contributed by atoms with Crippen molar-refractivity contribution in [2.75, 3.05) is 0 Å². The molecule has 0 spiro atoms. The number of aryl methyl sites for hydroxylation is 1. The lowest BCUT2D eigenvalue weighted by molar-refractivity contribution is -0.0529. The second-order valence-electron chi connectivity index (χ2n) is 4.15. The summed E-state index contributed by atoms with van der Waals surface area (Å²) in [6, 6.07) is 2.36. The Morgan fingerprint density at radius 2 is 1.80 bits per heavy atom. The molecule has 0 fully saturated rings. The lowest BCUT2D eigenvalue weighted by Crippen LogP contribution is -2.30. The minimum absolute atomic E-state index is 0.231. The fraction of sp³-hybridized carbons (Fsp3) is 0.455. The SMILES string of the molecule is Cc1ccc(F)c(C(O)C(C)(C)O)c1F. The normalized spacial score (nSPS) is 14.1. The average Bonchev–Trinajstić information content (AvgIpc) is 2.10. The van der Waals surface area contributed by atoms with Gasteiger partial charge in [-0.15, -0.1) is 0 Å². The molecule has 1 unspecified atom stereocenters. The number of benzene rings is 1. The molecule has 15 heavy (non-hydrogen) atoms. The Kier molecular flexibility index (Phi) is 3.11. The molecule has 4 heteroatoms. The molecule has 0 bridgehead atoms. The van der Waals surface area contributed by atoms with E-state index in [1.165, 1.54) is 26.8 Å². The van der Waals surface area contributed by atoms with Gasteiger partial charge in [0.05, 0.1) is 11.2 Å². The molecule has 2 N–H and O–H groups in total. The van der Waals surface area contributed by atoms with Crippen LogP contribution in [0.2, 0.25) is 0 Å². The summed E-state index contributed by atoms with van der Waals surface area (Å²) in [4.78, 5) is 0. The van der Waals surface area contributed by atoms with Gasteiger partial charge in [-0.25, -0.2) is 8.78 Å². The van der Waals surface area contributed by atoms with Crippen LogP contribution in [0.15, 0.2) is 12.1 Å². The fourth-order valence-electron chi connectivity index (χ4n) is 1.28. The van der Waals surface area contributed by atoms with Crippen molar-refractivity contribution in [3.8, 4) is 0 Å². The first kappa shape index (κ1) is 12.1. The number of halogens is 2. The van der Waals surface area contributed by atoms with Crippen LogP contribution in [0.1, 0.15) is 31.1 Å². The van der Waals surface area contributed by atoms with E-state index >= 15 is 0 Å². The van der Waals surface area contributed by atoms with Crippen molar-refractivity contribution in [3.05, 3.63) is 34.9 Å². The summed E-state index contributed by atoms with van der Waals surface area (Å²) in [5.41, 5.74) is -1.84. The second-order valence-corrected chi connectivity index (χ2v) is 4.15. The van der Waals surface area contributed by atoms with Gasteiger partial charge in [0.25, 0.3) is 0 Å². The van der Waals surface area contributed by atoms with Crippen molar-refractivity contribution in [2.45, 2.75) is 32.5 Å². The van der Waals surface area contributed by atoms with Crippen LogP contribution in [0.25, 0.3) is 0 Å². The molecule has 1 aromatic carbocycles. The standard InChI is InChI=1S/C11H14F2O2/c1-6-4-5-7(12)8(9(6)13)10(14)11(2,3)15/h4-5,10,14-15H,1-3H3. The number of hydrogen-bond donors (Lipinski definition) is 2. The number of hydrogen-bond acceptors (Lipinski definition) is 2. The van der Waals surface area contributed by atoms with Crippen molar-refractivity contribution >= 4 is 0 Å². The molecule has 0 aromatic heterocycles. The molecular formula is C11H14F2O2. The van der Waals surface area contributed by atoms with Crippen molar-refractivity contribution in [2.24, 2.45) is 0 Å². The van der Waals surface area contributed by atoms with Crippen molar-refractivity contribution in [3.63, 3.8) is 0 Å². The molecule has 1 rings (SSSR count). The van der Waals surface area contributed by atoms with Crippen LogP contribution in [0.5, 0.6) is 0 Å². The van der Waals surface area contributed by atoms with Crippen molar-refractivity contribution < 1.29 is 19.0 Å². The Hall–Kier alpha value is -1.00. The van der Waals surface area contributed by atoms with Crippen LogP contribution in [0.3, 0.4) is 0 Å². The highest BCUT2D eigenvalue weighted by Gasteiger charge is 2.31. The fourth-order valence-corrected chi connectivity index (χ4v) is 1.28. The lowest BCUT2D eigenvalue weighted by Gasteiger charge is -2.25. The van der Waals surface area contributed by atoms with Crippen LogP contribution in [0.4, 0.5) is 8.78 Å². The molecule has 0 aliphatic carbocycles. The van der Waals surface area contributed by atoms with Gasteiger partial charge in [-0.05, 0) is 32.4 Å². The zero-order valence-corrected chi connectivity index (χ0v) is 8.88. The molecule has 1 atom stereocenters. The van der Waals surface area contributed by atoms with E-state index < -0.39 is 28.9 Å². The van der Waals surface area contributed by atoms with Crippen molar-refractivity contribution in [1.82, 2.24) is 0 Å². The predicted molar refractivity (Wildman–Crippen MR) is 52.4 cm³/mol. The molecule has 0 radical (unpaired) electrons. The topological polar surface area (TPSA) is 40.5 Å². The summed E-state index contributed by atoms with van der Waals surface area (Å²) in [6.07, 6.45) is -1.59. The maximum atomic E-state index is 13.5. The lowest BCUT2D eigenvalue weighted by atomic mass is 9.93. The minimum Gasteiger partial charge on any atom is -0.387 e. The molecular weight excluding hydrogens is 202 g/mol. The molecule has 0 aliphatic heterocycles. The molecule has 0 saturated heterocycles. The highest BCUT2D eigenvalue weighted by Crippen LogP contribution is 2.30. The van der Waals surface area contributed by atoms with Crippen LogP contribution < -0.4 is 0 Å². The van der Waals surface area contributed by atoms with Gasteiger partial charge in [0.15, 0.2) is 0 Å². The van der Waals surface area contributed by atoms with Crippen molar-refractivity contribution in [1.29, 1.82) is 0 Å². The van der Waals surface area contributed by atoms with Gasteiger partial charge in [-0.2, -0.15) is 0 Å². The molecule has 0 amide bonds. The van der Waals surface area contributed by atoms with Gasteiger partial charge < -0.3 is 10.2 Å². The van der Waals surface area contributed by atoms with Gasteiger partial charge >= 0.3 is 0 Å². The smallest absolute Gasteiger partial charge is 0.134 e.